The SMILES string of the molecule is NC(=O)c1ccc(CNC(=O)COc2ccc(F)cc2F)o1. The Labute approximate surface area is 123 Å². The summed E-state index contributed by atoms with van der Waals surface area (Å²) in [6.45, 7) is -0.437. The van der Waals surface area contributed by atoms with Gasteiger partial charge in [-0.3, -0.25) is 9.59 Å². The molecule has 116 valence electrons. The fourth-order valence-electron chi connectivity index (χ4n) is 1.58. The van der Waals surface area contributed by atoms with Gasteiger partial charge < -0.3 is 20.2 Å². The summed E-state index contributed by atoms with van der Waals surface area (Å²) in [6, 6.07) is 5.63. The smallest absolute Gasteiger partial charge is 0.284 e. The highest BCUT2D eigenvalue weighted by Crippen LogP contribution is 2.17. The molecule has 0 saturated heterocycles. The molecule has 3 N–H and O–H groups in total. The minimum Gasteiger partial charge on any atom is -0.481 e. The fourth-order valence-corrected chi connectivity index (χ4v) is 1.58. The van der Waals surface area contributed by atoms with E-state index in [0.29, 0.717) is 11.8 Å². The van der Waals surface area contributed by atoms with Crippen molar-refractivity contribution in [2.45, 2.75) is 6.54 Å². The normalized spacial score (nSPS) is 10.3. The number of carbonyl (C=O) groups excluding carboxylic acids is 2. The summed E-state index contributed by atoms with van der Waals surface area (Å²) in [5.41, 5.74) is 5.02. The molecule has 8 heteroatoms. The highest BCUT2D eigenvalue weighted by molar-refractivity contribution is 5.89. The summed E-state index contributed by atoms with van der Waals surface area (Å²) in [5.74, 6) is -2.81. The molecule has 0 aliphatic rings. The number of amides is 2. The van der Waals surface area contributed by atoms with Crippen LogP contribution >= 0.6 is 0 Å². The van der Waals surface area contributed by atoms with Crippen LogP contribution in [0.5, 0.6) is 5.75 Å². The molecule has 2 rings (SSSR count). The summed E-state index contributed by atoms with van der Waals surface area (Å²) in [5, 5.41) is 2.45. The number of furan rings is 1. The predicted molar refractivity (Wildman–Crippen MR) is 70.9 cm³/mol. The number of hydrogen-bond acceptors (Lipinski definition) is 4. The Morgan fingerprint density at radius 3 is 2.64 bits per heavy atom. The third-order valence-corrected chi connectivity index (χ3v) is 2.62. The van der Waals surface area contributed by atoms with Crippen molar-refractivity contribution in [2.24, 2.45) is 5.73 Å². The van der Waals surface area contributed by atoms with Crippen molar-refractivity contribution in [1.29, 1.82) is 0 Å². The Balaban J connectivity index is 1.81. The van der Waals surface area contributed by atoms with E-state index in [9.17, 15) is 18.4 Å². The van der Waals surface area contributed by atoms with Crippen LogP contribution in [0.25, 0.3) is 0 Å². The molecular weight excluding hydrogens is 298 g/mol. The van der Waals surface area contributed by atoms with Crippen molar-refractivity contribution in [1.82, 2.24) is 5.32 Å². The predicted octanol–water partition coefficient (Wildman–Crippen LogP) is 1.35. The first-order valence-corrected chi connectivity index (χ1v) is 6.19. The molecule has 0 bridgehead atoms. The molecule has 0 saturated carbocycles. The van der Waals surface area contributed by atoms with Gasteiger partial charge in [0.2, 0.25) is 0 Å². The molecule has 0 atom stereocenters. The van der Waals surface area contributed by atoms with Crippen LogP contribution < -0.4 is 15.8 Å². The van der Waals surface area contributed by atoms with Crippen molar-refractivity contribution in [3.8, 4) is 5.75 Å². The lowest BCUT2D eigenvalue weighted by molar-refractivity contribution is -0.123. The zero-order valence-electron chi connectivity index (χ0n) is 11.3. The first kappa shape index (κ1) is 15.5. The maximum absolute atomic E-state index is 13.3. The second kappa shape index (κ2) is 6.70. The first-order chi connectivity index (χ1) is 10.5. The second-order valence-corrected chi connectivity index (χ2v) is 4.27. The number of primary amides is 1. The second-order valence-electron chi connectivity index (χ2n) is 4.27. The van der Waals surface area contributed by atoms with E-state index in [0.717, 1.165) is 12.1 Å². The zero-order chi connectivity index (χ0) is 16.1. The van der Waals surface area contributed by atoms with E-state index in [-0.39, 0.29) is 18.1 Å². The van der Waals surface area contributed by atoms with E-state index in [2.05, 4.69) is 5.32 Å². The van der Waals surface area contributed by atoms with Gasteiger partial charge in [-0.1, -0.05) is 0 Å². The number of nitrogens with one attached hydrogen (secondary N) is 1. The summed E-state index contributed by atoms with van der Waals surface area (Å²) in [7, 11) is 0. The lowest BCUT2D eigenvalue weighted by atomic mass is 10.3. The first-order valence-electron chi connectivity index (χ1n) is 6.19. The minimum atomic E-state index is -0.898. The summed E-state index contributed by atoms with van der Waals surface area (Å²) < 4.78 is 36.0. The minimum absolute atomic E-state index is 0.0153. The molecule has 0 spiro atoms. The van der Waals surface area contributed by atoms with Crippen LogP contribution in [0, 0.1) is 11.6 Å². The van der Waals surface area contributed by atoms with E-state index in [4.69, 9.17) is 14.9 Å². The van der Waals surface area contributed by atoms with E-state index in [1.165, 1.54) is 12.1 Å². The van der Waals surface area contributed by atoms with Gasteiger partial charge in [-0.15, -0.1) is 0 Å². The third kappa shape index (κ3) is 4.05. The van der Waals surface area contributed by atoms with Crippen LogP contribution in [0.4, 0.5) is 8.78 Å². The molecular formula is C14H12F2N2O4. The molecule has 1 aromatic heterocycles. The number of rotatable bonds is 6. The monoisotopic (exact) mass is 310 g/mol. The average Bonchev–Trinajstić information content (AvgIpc) is 2.93. The van der Waals surface area contributed by atoms with Crippen LogP contribution in [-0.4, -0.2) is 18.4 Å². The van der Waals surface area contributed by atoms with E-state index >= 15 is 0 Å². The molecule has 2 amide bonds. The Morgan fingerprint density at radius 1 is 1.23 bits per heavy atom. The van der Waals surface area contributed by atoms with Crippen molar-refractivity contribution in [3.63, 3.8) is 0 Å². The van der Waals surface area contributed by atoms with Crippen molar-refractivity contribution >= 4 is 11.8 Å². The Kier molecular flexibility index (Phi) is 4.72. The van der Waals surface area contributed by atoms with Gasteiger partial charge in [-0.25, -0.2) is 8.78 Å². The summed E-state index contributed by atoms with van der Waals surface area (Å²) in [6.07, 6.45) is 0. The molecule has 0 unspecified atom stereocenters. The van der Waals surface area contributed by atoms with Crippen LogP contribution in [0.15, 0.2) is 34.7 Å². The molecule has 0 aliphatic heterocycles. The van der Waals surface area contributed by atoms with Gasteiger partial charge in [0.15, 0.2) is 23.9 Å². The molecule has 0 fully saturated rings. The Bertz CT molecular complexity index is 700. The quantitative estimate of drug-likeness (QED) is 0.842. The van der Waals surface area contributed by atoms with Crippen LogP contribution in [-0.2, 0) is 11.3 Å². The number of benzene rings is 1. The molecule has 1 aromatic carbocycles. The molecule has 0 radical (unpaired) electrons. The Hall–Kier alpha value is -2.90. The van der Waals surface area contributed by atoms with Crippen molar-refractivity contribution < 1.29 is 27.5 Å². The lowest BCUT2D eigenvalue weighted by Gasteiger charge is -2.07. The number of carbonyl (C=O) groups is 2. The maximum atomic E-state index is 13.3. The number of hydrogen-bond donors (Lipinski definition) is 2. The van der Waals surface area contributed by atoms with Gasteiger partial charge in [0, 0.05) is 6.07 Å². The zero-order valence-corrected chi connectivity index (χ0v) is 11.3. The summed E-state index contributed by atoms with van der Waals surface area (Å²) in [4.78, 5) is 22.4. The van der Waals surface area contributed by atoms with E-state index < -0.39 is 30.1 Å². The number of halogens is 2. The highest BCUT2D eigenvalue weighted by Gasteiger charge is 2.10. The van der Waals surface area contributed by atoms with Gasteiger partial charge in [0.05, 0.1) is 6.54 Å². The maximum Gasteiger partial charge on any atom is 0.284 e. The summed E-state index contributed by atoms with van der Waals surface area (Å²) >= 11 is 0. The average molecular weight is 310 g/mol. The molecule has 1 heterocycles. The number of ether oxygens (including phenoxy) is 1. The van der Waals surface area contributed by atoms with Crippen molar-refractivity contribution in [3.05, 3.63) is 53.5 Å². The molecule has 6 nitrogen and oxygen atoms in total. The third-order valence-electron chi connectivity index (χ3n) is 2.62. The van der Waals surface area contributed by atoms with Gasteiger partial charge in [-0.05, 0) is 24.3 Å². The molecule has 0 aliphatic carbocycles. The standard InChI is InChI=1S/C14H12F2N2O4/c15-8-1-3-11(10(16)5-8)21-7-13(19)18-6-9-2-4-12(22-9)14(17)20/h1-5H,6-7H2,(H2,17,20)(H,18,19). The van der Waals surface area contributed by atoms with Gasteiger partial charge in [-0.2, -0.15) is 0 Å². The van der Waals surface area contributed by atoms with Crippen molar-refractivity contribution in [2.75, 3.05) is 6.61 Å². The van der Waals surface area contributed by atoms with Crippen LogP contribution in [0.2, 0.25) is 0 Å². The molecule has 2 aromatic rings. The highest BCUT2D eigenvalue weighted by atomic mass is 19.1. The van der Waals surface area contributed by atoms with Crippen LogP contribution in [0.1, 0.15) is 16.3 Å². The van der Waals surface area contributed by atoms with E-state index in [1.807, 2.05) is 0 Å². The van der Waals surface area contributed by atoms with Gasteiger partial charge >= 0.3 is 0 Å². The lowest BCUT2D eigenvalue weighted by Crippen LogP contribution is -2.28. The largest absolute Gasteiger partial charge is 0.481 e. The molecule has 22 heavy (non-hydrogen) atoms. The topological polar surface area (TPSA) is 94.6 Å². The van der Waals surface area contributed by atoms with Gasteiger partial charge in [0.1, 0.15) is 11.6 Å². The number of nitrogens with two attached hydrogens (primary N) is 1. The fraction of sp³-hybridized carbons (Fsp3) is 0.143. The van der Waals surface area contributed by atoms with Gasteiger partial charge in [0.25, 0.3) is 11.8 Å². The Morgan fingerprint density at radius 2 is 2.00 bits per heavy atom. The van der Waals surface area contributed by atoms with Crippen LogP contribution in [0.3, 0.4) is 0 Å². The van der Waals surface area contributed by atoms with E-state index in [1.54, 1.807) is 0 Å².